The Bertz CT molecular complexity index is 1120. The van der Waals surface area contributed by atoms with E-state index in [0.717, 1.165) is 0 Å². The van der Waals surface area contributed by atoms with E-state index >= 15 is 0 Å². The predicted molar refractivity (Wildman–Crippen MR) is 119 cm³/mol. The normalized spacial score (nSPS) is 10.9. The van der Waals surface area contributed by atoms with Gasteiger partial charge in [-0.25, -0.2) is 0 Å². The van der Waals surface area contributed by atoms with Gasteiger partial charge in [0.05, 0.1) is 14.2 Å². The molecule has 0 bridgehead atoms. The molecule has 7 nitrogen and oxygen atoms in total. The zero-order valence-corrected chi connectivity index (χ0v) is 17.6. The predicted octanol–water partition coefficient (Wildman–Crippen LogP) is 4.16. The maximum atomic E-state index is 12.9. The Morgan fingerprint density at radius 2 is 1.81 bits per heavy atom. The van der Waals surface area contributed by atoms with Gasteiger partial charge in [-0.1, -0.05) is 23.7 Å². The van der Waals surface area contributed by atoms with Gasteiger partial charge in [-0.15, -0.1) is 0 Å². The van der Waals surface area contributed by atoms with Crippen molar-refractivity contribution in [2.45, 2.75) is 0 Å². The summed E-state index contributed by atoms with van der Waals surface area (Å²) < 4.78 is 10.4. The van der Waals surface area contributed by atoms with Crippen molar-refractivity contribution in [2.75, 3.05) is 19.5 Å². The van der Waals surface area contributed by atoms with Crippen LogP contribution in [0.2, 0.25) is 5.02 Å². The van der Waals surface area contributed by atoms with Crippen molar-refractivity contribution < 1.29 is 19.1 Å². The lowest BCUT2D eigenvalue weighted by Crippen LogP contribution is -2.30. The molecular weight excluding hydrogens is 418 g/mol. The summed E-state index contributed by atoms with van der Waals surface area (Å²) in [4.78, 5) is 29.8. The number of hydrogen-bond donors (Lipinski definition) is 2. The van der Waals surface area contributed by atoms with Gasteiger partial charge < -0.3 is 20.1 Å². The third kappa shape index (κ3) is 5.83. The number of aromatic nitrogens is 1. The van der Waals surface area contributed by atoms with Crippen LogP contribution in [-0.4, -0.2) is 31.0 Å². The van der Waals surface area contributed by atoms with Crippen LogP contribution in [0.25, 0.3) is 6.08 Å². The SMILES string of the molecule is COc1ccc(C(=O)NC(=Cc2cccnc2)C(=O)Nc2cccc(Cl)c2)cc1OC. The Labute approximate surface area is 184 Å². The number of halogens is 1. The monoisotopic (exact) mass is 437 g/mol. The Morgan fingerprint density at radius 1 is 1.00 bits per heavy atom. The standard InChI is InChI=1S/C23H20ClN3O4/c1-30-20-9-8-16(12-21(20)31-2)22(28)27-19(11-15-5-4-10-25-14-15)23(29)26-18-7-3-6-17(24)13-18/h3-14H,1-2H3,(H,26,29)(H,27,28). The number of carbonyl (C=O) groups is 2. The number of pyridine rings is 1. The van der Waals surface area contributed by atoms with Gasteiger partial charge in [-0.3, -0.25) is 14.6 Å². The Balaban J connectivity index is 1.88. The average Bonchev–Trinajstić information content (AvgIpc) is 2.78. The number of ether oxygens (including phenoxy) is 2. The molecule has 3 rings (SSSR count). The van der Waals surface area contributed by atoms with Crippen LogP contribution < -0.4 is 20.1 Å². The number of benzene rings is 2. The van der Waals surface area contributed by atoms with E-state index in [2.05, 4.69) is 15.6 Å². The van der Waals surface area contributed by atoms with E-state index in [0.29, 0.717) is 33.3 Å². The molecule has 2 N–H and O–H groups in total. The fourth-order valence-electron chi connectivity index (χ4n) is 2.72. The van der Waals surface area contributed by atoms with Crippen LogP contribution in [0.15, 0.2) is 72.7 Å². The number of carbonyl (C=O) groups excluding carboxylic acids is 2. The van der Waals surface area contributed by atoms with Crippen LogP contribution in [0.1, 0.15) is 15.9 Å². The summed E-state index contributed by atoms with van der Waals surface area (Å²) in [5.41, 5.74) is 1.47. The summed E-state index contributed by atoms with van der Waals surface area (Å²) in [6.07, 6.45) is 4.73. The van der Waals surface area contributed by atoms with Crippen LogP contribution in [0.3, 0.4) is 0 Å². The second-order valence-corrected chi connectivity index (χ2v) is 6.77. The molecule has 31 heavy (non-hydrogen) atoms. The molecule has 8 heteroatoms. The third-order valence-electron chi connectivity index (χ3n) is 4.22. The van der Waals surface area contributed by atoms with Crippen molar-refractivity contribution in [1.82, 2.24) is 10.3 Å². The third-order valence-corrected chi connectivity index (χ3v) is 4.45. The largest absolute Gasteiger partial charge is 0.493 e. The summed E-state index contributed by atoms with van der Waals surface area (Å²) >= 11 is 5.99. The lowest BCUT2D eigenvalue weighted by molar-refractivity contribution is -0.113. The molecule has 0 aliphatic heterocycles. The quantitative estimate of drug-likeness (QED) is 0.542. The summed E-state index contributed by atoms with van der Waals surface area (Å²) in [5.74, 6) is -0.113. The van der Waals surface area contributed by atoms with Crippen LogP contribution in [0.4, 0.5) is 5.69 Å². The van der Waals surface area contributed by atoms with E-state index in [1.165, 1.54) is 26.4 Å². The highest BCUT2D eigenvalue weighted by atomic mass is 35.5. The van der Waals surface area contributed by atoms with Crippen LogP contribution in [0, 0.1) is 0 Å². The maximum absolute atomic E-state index is 12.9. The highest BCUT2D eigenvalue weighted by molar-refractivity contribution is 6.31. The molecule has 1 heterocycles. The first-order valence-corrected chi connectivity index (χ1v) is 9.60. The zero-order chi connectivity index (χ0) is 22.2. The van der Waals surface area contributed by atoms with E-state index in [4.69, 9.17) is 21.1 Å². The molecule has 2 aromatic carbocycles. The van der Waals surface area contributed by atoms with Gasteiger partial charge >= 0.3 is 0 Å². The van der Waals surface area contributed by atoms with Gasteiger partial charge in [0.25, 0.3) is 11.8 Å². The van der Waals surface area contributed by atoms with Crippen molar-refractivity contribution in [2.24, 2.45) is 0 Å². The van der Waals surface area contributed by atoms with Gasteiger partial charge in [0.1, 0.15) is 5.70 Å². The molecule has 0 spiro atoms. The highest BCUT2D eigenvalue weighted by Gasteiger charge is 2.17. The molecule has 0 fully saturated rings. The number of nitrogens with one attached hydrogen (secondary N) is 2. The summed E-state index contributed by atoms with van der Waals surface area (Å²) in [6, 6.07) is 14.9. The molecule has 158 valence electrons. The highest BCUT2D eigenvalue weighted by Crippen LogP contribution is 2.27. The van der Waals surface area contributed by atoms with Crippen molar-refractivity contribution >= 4 is 35.2 Å². The molecule has 0 radical (unpaired) electrons. The fourth-order valence-corrected chi connectivity index (χ4v) is 2.91. The van der Waals surface area contributed by atoms with Crippen molar-refractivity contribution in [3.8, 4) is 11.5 Å². The lowest BCUT2D eigenvalue weighted by Gasteiger charge is -2.13. The second kappa shape index (κ2) is 10.3. The molecule has 0 saturated carbocycles. The maximum Gasteiger partial charge on any atom is 0.272 e. The van der Waals surface area contributed by atoms with Gasteiger partial charge in [-0.2, -0.15) is 0 Å². The van der Waals surface area contributed by atoms with E-state index in [1.807, 2.05) is 0 Å². The van der Waals surface area contributed by atoms with Gasteiger partial charge in [0.15, 0.2) is 11.5 Å². The molecule has 0 unspecified atom stereocenters. The van der Waals surface area contributed by atoms with E-state index < -0.39 is 11.8 Å². The molecular formula is C23H20ClN3O4. The Kier molecular flexibility index (Phi) is 7.24. The first-order chi connectivity index (χ1) is 15.0. The first kappa shape index (κ1) is 21.9. The smallest absolute Gasteiger partial charge is 0.272 e. The second-order valence-electron chi connectivity index (χ2n) is 6.33. The first-order valence-electron chi connectivity index (χ1n) is 9.22. The summed E-state index contributed by atoms with van der Waals surface area (Å²) in [6.45, 7) is 0. The minimum atomic E-state index is -0.514. The number of rotatable bonds is 7. The van der Waals surface area contributed by atoms with Crippen LogP contribution in [-0.2, 0) is 4.79 Å². The van der Waals surface area contributed by atoms with Gasteiger partial charge in [0, 0.05) is 28.7 Å². The number of methoxy groups -OCH3 is 2. The average molecular weight is 438 g/mol. The molecule has 0 saturated heterocycles. The molecule has 3 aromatic rings. The van der Waals surface area contributed by atoms with E-state index in [-0.39, 0.29) is 5.70 Å². The van der Waals surface area contributed by atoms with Crippen LogP contribution in [0.5, 0.6) is 11.5 Å². The fraction of sp³-hybridized carbons (Fsp3) is 0.0870. The molecule has 0 atom stereocenters. The summed E-state index contributed by atoms with van der Waals surface area (Å²) in [5, 5.41) is 5.86. The summed E-state index contributed by atoms with van der Waals surface area (Å²) in [7, 11) is 2.98. The van der Waals surface area contributed by atoms with E-state index in [1.54, 1.807) is 60.9 Å². The topological polar surface area (TPSA) is 89.5 Å². The minimum absolute atomic E-state index is 0.0350. The number of anilines is 1. The van der Waals surface area contributed by atoms with Gasteiger partial charge in [-0.05, 0) is 54.1 Å². The lowest BCUT2D eigenvalue weighted by atomic mass is 10.1. The minimum Gasteiger partial charge on any atom is -0.493 e. The molecule has 2 amide bonds. The number of nitrogens with zero attached hydrogens (tertiary/aromatic N) is 1. The molecule has 1 aromatic heterocycles. The van der Waals surface area contributed by atoms with Crippen molar-refractivity contribution in [3.05, 3.63) is 88.8 Å². The molecule has 0 aliphatic rings. The Morgan fingerprint density at radius 3 is 2.48 bits per heavy atom. The number of amides is 2. The Hall–Kier alpha value is -3.84. The van der Waals surface area contributed by atoms with Crippen LogP contribution >= 0.6 is 11.6 Å². The zero-order valence-electron chi connectivity index (χ0n) is 16.9. The van der Waals surface area contributed by atoms with Gasteiger partial charge in [0.2, 0.25) is 0 Å². The van der Waals surface area contributed by atoms with Crippen molar-refractivity contribution in [3.63, 3.8) is 0 Å². The van der Waals surface area contributed by atoms with Crippen molar-refractivity contribution in [1.29, 1.82) is 0 Å². The molecule has 0 aliphatic carbocycles. The van der Waals surface area contributed by atoms with E-state index in [9.17, 15) is 9.59 Å². The number of hydrogen-bond acceptors (Lipinski definition) is 5.